The van der Waals surface area contributed by atoms with Gasteiger partial charge in [-0.3, -0.25) is 0 Å². The smallest absolute Gasteiger partial charge is 0.207 e. The van der Waals surface area contributed by atoms with E-state index in [4.69, 9.17) is 5.26 Å². The van der Waals surface area contributed by atoms with Crippen molar-refractivity contribution in [2.75, 3.05) is 6.54 Å². The third kappa shape index (κ3) is 2.77. The highest BCUT2D eigenvalue weighted by Crippen LogP contribution is 2.36. The highest BCUT2D eigenvalue weighted by molar-refractivity contribution is 9.11. The van der Waals surface area contributed by atoms with Crippen LogP contribution >= 0.6 is 27.3 Å². The molecule has 4 nitrogen and oxygen atoms in total. The van der Waals surface area contributed by atoms with Crippen molar-refractivity contribution >= 4 is 37.3 Å². The Morgan fingerprint density at radius 3 is 2.72 bits per heavy atom. The van der Waals surface area contributed by atoms with Gasteiger partial charge in [-0.25, -0.2) is 8.42 Å². The molecule has 1 aliphatic rings. The van der Waals surface area contributed by atoms with Gasteiger partial charge in [0.2, 0.25) is 10.0 Å². The van der Waals surface area contributed by atoms with E-state index in [0.717, 1.165) is 21.5 Å². The van der Waals surface area contributed by atoms with Gasteiger partial charge in [-0.05, 0) is 41.8 Å². The molecule has 0 spiro atoms. The third-order valence-corrected chi connectivity index (χ3v) is 6.59. The van der Waals surface area contributed by atoms with Gasteiger partial charge in [-0.2, -0.15) is 9.57 Å². The third-order valence-electron chi connectivity index (χ3n) is 2.83. The maximum Gasteiger partial charge on any atom is 0.244 e. The Bertz CT molecular complexity index is 585. The number of sulfonamides is 1. The molecule has 0 atom stereocenters. The summed E-state index contributed by atoms with van der Waals surface area (Å²) >= 11 is 4.73. The van der Waals surface area contributed by atoms with E-state index in [1.165, 1.54) is 15.6 Å². The molecule has 0 unspecified atom stereocenters. The summed E-state index contributed by atoms with van der Waals surface area (Å²) in [7, 11) is -3.46. The summed E-state index contributed by atoms with van der Waals surface area (Å²) in [6.45, 7) is 2.09. The maximum absolute atomic E-state index is 12.6. The molecule has 1 saturated carbocycles. The lowest BCUT2D eigenvalue weighted by molar-refractivity contribution is 0.411. The van der Waals surface area contributed by atoms with E-state index in [2.05, 4.69) is 15.9 Å². The molecular formula is C11H13BrN2O2S2. The van der Waals surface area contributed by atoms with E-state index in [0.29, 0.717) is 4.90 Å². The monoisotopic (exact) mass is 348 g/mol. The maximum atomic E-state index is 12.6. The van der Waals surface area contributed by atoms with Crippen LogP contribution in [0.15, 0.2) is 14.7 Å². The van der Waals surface area contributed by atoms with Crippen LogP contribution in [0.1, 0.15) is 24.1 Å². The molecule has 1 heterocycles. The van der Waals surface area contributed by atoms with Crippen molar-refractivity contribution in [3.63, 3.8) is 0 Å². The fourth-order valence-electron chi connectivity index (χ4n) is 1.83. The quantitative estimate of drug-likeness (QED) is 0.821. The van der Waals surface area contributed by atoms with Gasteiger partial charge in [0.1, 0.15) is 0 Å². The first-order chi connectivity index (χ1) is 8.46. The highest BCUT2D eigenvalue weighted by Gasteiger charge is 2.38. The number of rotatable bonds is 5. The molecule has 0 radical (unpaired) electrons. The first-order valence-corrected chi connectivity index (χ1v) is 8.66. The van der Waals surface area contributed by atoms with E-state index >= 15 is 0 Å². The Kier molecular flexibility index (Phi) is 4.11. The number of nitrogens with zero attached hydrogens (tertiary/aromatic N) is 2. The Morgan fingerprint density at radius 1 is 1.61 bits per heavy atom. The van der Waals surface area contributed by atoms with E-state index in [1.807, 2.05) is 6.07 Å². The summed E-state index contributed by atoms with van der Waals surface area (Å²) < 4.78 is 27.4. The topological polar surface area (TPSA) is 61.2 Å². The van der Waals surface area contributed by atoms with Crippen molar-refractivity contribution in [2.24, 2.45) is 0 Å². The molecule has 18 heavy (non-hydrogen) atoms. The zero-order valence-corrected chi connectivity index (χ0v) is 13.1. The normalized spacial score (nSPS) is 15.9. The van der Waals surface area contributed by atoms with E-state index in [1.54, 1.807) is 13.0 Å². The molecule has 0 aliphatic heterocycles. The van der Waals surface area contributed by atoms with E-state index in [9.17, 15) is 8.42 Å². The van der Waals surface area contributed by atoms with Crippen LogP contribution in [-0.2, 0) is 10.0 Å². The second kappa shape index (κ2) is 5.29. The minimum Gasteiger partial charge on any atom is -0.207 e. The van der Waals surface area contributed by atoms with Gasteiger partial charge < -0.3 is 0 Å². The molecule has 0 aromatic carbocycles. The van der Waals surface area contributed by atoms with Crippen LogP contribution in [-0.4, -0.2) is 25.3 Å². The largest absolute Gasteiger partial charge is 0.244 e. The van der Waals surface area contributed by atoms with Crippen LogP contribution in [0.25, 0.3) is 0 Å². The zero-order chi connectivity index (χ0) is 13.3. The van der Waals surface area contributed by atoms with Gasteiger partial charge >= 0.3 is 0 Å². The van der Waals surface area contributed by atoms with Crippen molar-refractivity contribution < 1.29 is 8.42 Å². The number of nitriles is 1. The summed E-state index contributed by atoms with van der Waals surface area (Å²) in [4.78, 5) is 1.15. The number of aryl methyl sites for hydroxylation is 1. The standard InChI is InChI=1S/C11H13BrN2O2S2/c1-8-10(7-11(12)17-8)18(15,16)14(6-2-5-13)9-3-4-9/h7,9H,2-4,6H2,1H3. The molecule has 1 aromatic heterocycles. The molecule has 0 N–H and O–H groups in total. The molecule has 1 aliphatic carbocycles. The SMILES string of the molecule is Cc1sc(Br)cc1S(=O)(=O)N(CCC#N)C1CC1. The van der Waals surface area contributed by atoms with Gasteiger partial charge in [0.15, 0.2) is 0 Å². The lowest BCUT2D eigenvalue weighted by Gasteiger charge is -2.20. The number of thiophene rings is 1. The average molecular weight is 349 g/mol. The second-order valence-electron chi connectivity index (χ2n) is 4.23. The minimum atomic E-state index is -3.46. The summed E-state index contributed by atoms with van der Waals surface area (Å²) in [5.41, 5.74) is 0. The van der Waals surface area contributed by atoms with Crippen molar-refractivity contribution in [3.05, 3.63) is 14.7 Å². The molecule has 0 saturated heterocycles. The molecule has 1 aromatic rings. The Labute approximate surface area is 119 Å². The van der Waals surface area contributed by atoms with Crippen molar-refractivity contribution in [2.45, 2.75) is 37.1 Å². The first-order valence-electron chi connectivity index (χ1n) is 5.61. The predicted octanol–water partition coefficient (Wildman–Crippen LogP) is 2.89. The van der Waals surface area contributed by atoms with Crippen LogP contribution < -0.4 is 0 Å². The van der Waals surface area contributed by atoms with Crippen LogP contribution in [0, 0.1) is 18.3 Å². The van der Waals surface area contributed by atoms with Crippen LogP contribution in [0.4, 0.5) is 0 Å². The predicted molar refractivity (Wildman–Crippen MR) is 73.9 cm³/mol. The summed E-state index contributed by atoms with van der Waals surface area (Å²) in [6.07, 6.45) is 2.03. The highest BCUT2D eigenvalue weighted by atomic mass is 79.9. The molecule has 98 valence electrons. The summed E-state index contributed by atoms with van der Waals surface area (Å²) in [5.74, 6) is 0. The molecule has 2 rings (SSSR count). The molecular weight excluding hydrogens is 336 g/mol. The van der Waals surface area contributed by atoms with E-state index in [-0.39, 0.29) is 19.0 Å². The molecule has 0 bridgehead atoms. The van der Waals surface area contributed by atoms with Crippen LogP contribution in [0.2, 0.25) is 0 Å². The van der Waals surface area contributed by atoms with Gasteiger partial charge in [0.25, 0.3) is 0 Å². The summed E-state index contributed by atoms with van der Waals surface area (Å²) in [5, 5.41) is 8.64. The van der Waals surface area contributed by atoms with Crippen molar-refractivity contribution in [3.8, 4) is 6.07 Å². The van der Waals surface area contributed by atoms with Crippen molar-refractivity contribution in [1.82, 2.24) is 4.31 Å². The lowest BCUT2D eigenvalue weighted by Crippen LogP contribution is -2.34. The molecule has 0 amide bonds. The van der Waals surface area contributed by atoms with Gasteiger partial charge in [0, 0.05) is 23.9 Å². The van der Waals surface area contributed by atoms with Crippen LogP contribution in [0.5, 0.6) is 0 Å². The van der Waals surface area contributed by atoms with Crippen molar-refractivity contribution in [1.29, 1.82) is 5.26 Å². The Morgan fingerprint density at radius 2 is 2.28 bits per heavy atom. The Balaban J connectivity index is 2.33. The van der Waals surface area contributed by atoms with Gasteiger partial charge in [-0.15, -0.1) is 11.3 Å². The van der Waals surface area contributed by atoms with Crippen LogP contribution in [0.3, 0.4) is 0 Å². The number of hydrogen-bond donors (Lipinski definition) is 0. The fraction of sp³-hybridized carbons (Fsp3) is 0.545. The summed E-state index contributed by atoms with van der Waals surface area (Å²) in [6, 6.07) is 3.75. The second-order valence-corrected chi connectivity index (χ2v) is 8.72. The number of hydrogen-bond acceptors (Lipinski definition) is 4. The average Bonchev–Trinajstić information content (AvgIpc) is 3.04. The first kappa shape index (κ1) is 14.0. The zero-order valence-electron chi connectivity index (χ0n) is 9.89. The van der Waals surface area contributed by atoms with E-state index < -0.39 is 10.0 Å². The van der Waals surface area contributed by atoms with Gasteiger partial charge in [-0.1, -0.05) is 0 Å². The minimum absolute atomic E-state index is 0.0847. The molecule has 7 heteroatoms. The lowest BCUT2D eigenvalue weighted by atomic mass is 10.4. The fourth-order valence-corrected chi connectivity index (χ4v) is 5.91. The molecule has 1 fully saturated rings. The number of halogens is 1. The van der Waals surface area contributed by atoms with Gasteiger partial charge in [0.05, 0.1) is 14.8 Å². The Hall–Kier alpha value is -0.420.